The van der Waals surface area contributed by atoms with Crippen molar-refractivity contribution < 1.29 is 9.47 Å². The van der Waals surface area contributed by atoms with Crippen molar-refractivity contribution in [3.8, 4) is 16.9 Å². The first kappa shape index (κ1) is 17.1. The summed E-state index contributed by atoms with van der Waals surface area (Å²) in [6, 6.07) is 17.6. The lowest BCUT2D eigenvalue weighted by Crippen LogP contribution is -2.36. The van der Waals surface area contributed by atoms with Crippen molar-refractivity contribution in [1.82, 2.24) is 4.90 Å². The number of nitrogens with zero attached hydrogens (tertiary/aromatic N) is 1. The van der Waals surface area contributed by atoms with E-state index in [9.17, 15) is 0 Å². The molecule has 0 radical (unpaired) electrons. The van der Waals surface area contributed by atoms with Gasteiger partial charge < -0.3 is 14.4 Å². The molecule has 3 heteroatoms. The van der Waals surface area contributed by atoms with Crippen LogP contribution in [0.15, 0.2) is 54.6 Å². The molecule has 0 N–H and O–H groups in total. The predicted octanol–water partition coefficient (Wildman–Crippen LogP) is 5.21. The van der Waals surface area contributed by atoms with E-state index in [1.165, 1.54) is 44.3 Å². The zero-order valence-electron chi connectivity index (χ0n) is 17.0. The molecule has 3 aromatic carbocycles. The van der Waals surface area contributed by atoms with Gasteiger partial charge in [0.25, 0.3) is 0 Å². The molecule has 2 aliphatic heterocycles. The summed E-state index contributed by atoms with van der Waals surface area (Å²) >= 11 is 0. The molecule has 0 aromatic heterocycles. The van der Waals surface area contributed by atoms with Crippen LogP contribution in [0.2, 0.25) is 0 Å². The number of hydrogen-bond acceptors (Lipinski definition) is 3. The summed E-state index contributed by atoms with van der Waals surface area (Å²) in [5, 5.41) is 2.51. The number of rotatable bonds is 1. The van der Waals surface area contributed by atoms with Gasteiger partial charge in [-0.25, -0.2) is 0 Å². The molecule has 0 spiro atoms. The van der Waals surface area contributed by atoms with Crippen molar-refractivity contribution in [1.29, 1.82) is 0 Å². The topological polar surface area (TPSA) is 21.7 Å². The lowest BCUT2D eigenvalue weighted by molar-refractivity contribution is 0.0634. The minimum Gasteiger partial charge on any atom is -0.488 e. The van der Waals surface area contributed by atoms with Gasteiger partial charge in [0.15, 0.2) is 0 Å². The SMILES string of the molecule is CC1(C)c2ccccc2-c2c1c1c(c3ccccc23)OCC=C1N1CCOCC1. The Labute approximate surface area is 171 Å². The largest absolute Gasteiger partial charge is 0.488 e. The van der Waals surface area contributed by atoms with Gasteiger partial charge in [0.05, 0.1) is 13.2 Å². The van der Waals surface area contributed by atoms with E-state index in [1.807, 2.05) is 0 Å². The highest BCUT2D eigenvalue weighted by molar-refractivity contribution is 6.09. The van der Waals surface area contributed by atoms with E-state index in [2.05, 4.69) is 73.4 Å². The van der Waals surface area contributed by atoms with Gasteiger partial charge >= 0.3 is 0 Å². The van der Waals surface area contributed by atoms with Crippen molar-refractivity contribution in [2.24, 2.45) is 0 Å². The minimum absolute atomic E-state index is 0.0773. The van der Waals surface area contributed by atoms with Crippen LogP contribution >= 0.6 is 0 Å². The zero-order valence-corrected chi connectivity index (χ0v) is 17.0. The summed E-state index contributed by atoms with van der Waals surface area (Å²) < 4.78 is 12.0. The third-order valence-corrected chi connectivity index (χ3v) is 6.78. The van der Waals surface area contributed by atoms with Gasteiger partial charge in [0.2, 0.25) is 0 Å². The van der Waals surface area contributed by atoms with E-state index in [4.69, 9.17) is 9.47 Å². The van der Waals surface area contributed by atoms with E-state index < -0.39 is 0 Å². The molecule has 0 amide bonds. The highest BCUT2D eigenvalue weighted by atomic mass is 16.5. The van der Waals surface area contributed by atoms with Gasteiger partial charge in [-0.05, 0) is 33.7 Å². The number of fused-ring (bicyclic) bond motifs is 8. The maximum Gasteiger partial charge on any atom is 0.137 e. The van der Waals surface area contributed by atoms with Crippen LogP contribution in [-0.2, 0) is 10.2 Å². The average Bonchev–Trinajstić information content (AvgIpc) is 3.02. The highest BCUT2D eigenvalue weighted by Gasteiger charge is 2.42. The average molecular weight is 383 g/mol. The number of benzene rings is 3. The summed E-state index contributed by atoms with van der Waals surface area (Å²) in [5.74, 6) is 1.05. The molecule has 1 fully saturated rings. The van der Waals surface area contributed by atoms with E-state index >= 15 is 0 Å². The molecule has 29 heavy (non-hydrogen) atoms. The van der Waals surface area contributed by atoms with Gasteiger partial charge in [0, 0.05) is 35.2 Å². The Hall–Kier alpha value is -2.78. The summed E-state index contributed by atoms with van der Waals surface area (Å²) in [4.78, 5) is 2.49. The second-order valence-electron chi connectivity index (χ2n) is 8.67. The summed E-state index contributed by atoms with van der Waals surface area (Å²) in [6.45, 7) is 8.77. The molecule has 6 rings (SSSR count). The standard InChI is InChI=1S/C26H25NO2/c1-26(2)20-10-6-5-9-19(20)22-17-7-3-4-8-18(17)25-23(24(22)26)21(11-14-29-25)27-12-15-28-16-13-27/h3-11H,12-16H2,1-2H3. The van der Waals surface area contributed by atoms with Crippen molar-refractivity contribution in [3.05, 3.63) is 71.3 Å². The lowest BCUT2D eigenvalue weighted by atomic mass is 9.77. The molecule has 3 aliphatic rings. The molecule has 0 saturated carbocycles. The molecular formula is C26H25NO2. The predicted molar refractivity (Wildman–Crippen MR) is 117 cm³/mol. The molecule has 146 valence electrons. The Morgan fingerprint density at radius 3 is 2.41 bits per heavy atom. The normalized spacial score (nSPS) is 19.2. The van der Waals surface area contributed by atoms with Crippen molar-refractivity contribution >= 4 is 16.5 Å². The molecular weight excluding hydrogens is 358 g/mol. The van der Waals surface area contributed by atoms with Crippen LogP contribution in [-0.4, -0.2) is 37.8 Å². The Bertz CT molecular complexity index is 1170. The summed E-state index contributed by atoms with van der Waals surface area (Å²) in [7, 11) is 0. The molecule has 0 unspecified atom stereocenters. The zero-order chi connectivity index (χ0) is 19.6. The van der Waals surface area contributed by atoms with Crippen LogP contribution in [0.5, 0.6) is 5.75 Å². The fraction of sp³-hybridized carbons (Fsp3) is 0.308. The van der Waals surface area contributed by atoms with Crippen LogP contribution in [0.1, 0.15) is 30.5 Å². The van der Waals surface area contributed by atoms with E-state index in [0.29, 0.717) is 6.61 Å². The maximum absolute atomic E-state index is 6.34. The van der Waals surface area contributed by atoms with E-state index in [-0.39, 0.29) is 5.41 Å². The third kappa shape index (κ3) is 2.28. The van der Waals surface area contributed by atoms with Gasteiger partial charge in [0.1, 0.15) is 12.4 Å². The van der Waals surface area contributed by atoms with Crippen LogP contribution in [0.3, 0.4) is 0 Å². The maximum atomic E-state index is 6.34. The van der Waals surface area contributed by atoms with Gasteiger partial charge in [-0.3, -0.25) is 0 Å². The number of morpholine rings is 1. The first-order valence-corrected chi connectivity index (χ1v) is 10.5. The second-order valence-corrected chi connectivity index (χ2v) is 8.67. The third-order valence-electron chi connectivity index (χ3n) is 6.78. The minimum atomic E-state index is -0.0773. The van der Waals surface area contributed by atoms with Crippen LogP contribution < -0.4 is 4.74 Å². The molecule has 2 heterocycles. The Morgan fingerprint density at radius 1 is 0.862 bits per heavy atom. The molecule has 3 nitrogen and oxygen atoms in total. The molecule has 1 aliphatic carbocycles. The second kappa shape index (κ2) is 6.11. The van der Waals surface area contributed by atoms with Gasteiger partial charge in [-0.15, -0.1) is 0 Å². The molecule has 0 bridgehead atoms. The first-order valence-electron chi connectivity index (χ1n) is 10.5. The van der Waals surface area contributed by atoms with E-state index in [1.54, 1.807) is 0 Å². The highest BCUT2D eigenvalue weighted by Crippen LogP contribution is 2.57. The Balaban J connectivity index is 1.73. The van der Waals surface area contributed by atoms with E-state index in [0.717, 1.165) is 32.1 Å². The summed E-state index contributed by atoms with van der Waals surface area (Å²) in [6.07, 6.45) is 2.27. The summed E-state index contributed by atoms with van der Waals surface area (Å²) in [5.41, 5.74) is 8.07. The fourth-order valence-electron chi connectivity index (χ4n) is 5.48. The van der Waals surface area contributed by atoms with Gasteiger partial charge in [-0.1, -0.05) is 62.4 Å². The molecule has 1 saturated heterocycles. The quantitative estimate of drug-likeness (QED) is 0.576. The van der Waals surface area contributed by atoms with Crippen molar-refractivity contribution in [2.45, 2.75) is 19.3 Å². The van der Waals surface area contributed by atoms with Crippen LogP contribution in [0.25, 0.3) is 27.6 Å². The molecule has 3 aromatic rings. The Kier molecular flexibility index (Phi) is 3.60. The number of hydrogen-bond donors (Lipinski definition) is 0. The Morgan fingerprint density at radius 2 is 1.59 bits per heavy atom. The lowest BCUT2D eigenvalue weighted by Gasteiger charge is -2.37. The number of ether oxygens (including phenoxy) is 2. The smallest absolute Gasteiger partial charge is 0.137 e. The van der Waals surface area contributed by atoms with Crippen molar-refractivity contribution in [2.75, 3.05) is 32.9 Å². The fourth-order valence-corrected chi connectivity index (χ4v) is 5.48. The van der Waals surface area contributed by atoms with Crippen LogP contribution in [0, 0.1) is 0 Å². The first-order chi connectivity index (χ1) is 14.2. The monoisotopic (exact) mass is 383 g/mol. The molecule has 0 atom stereocenters. The van der Waals surface area contributed by atoms with Crippen LogP contribution in [0.4, 0.5) is 0 Å². The van der Waals surface area contributed by atoms with Crippen molar-refractivity contribution in [3.63, 3.8) is 0 Å². The van der Waals surface area contributed by atoms with Gasteiger partial charge in [-0.2, -0.15) is 0 Å².